The normalized spacial score (nSPS) is 13.9. The quantitative estimate of drug-likeness (QED) is 0.417. The van der Waals surface area contributed by atoms with Crippen molar-refractivity contribution in [3.8, 4) is 11.3 Å². The SMILES string of the molecule is Cc1cc(C)c(CNC(=O)c2cc(-c3ccc(N4CCOCC4)nc3)nc3c2cnn3C(C)C)c(=O)[nH]1. The number of morpholine rings is 1. The van der Waals surface area contributed by atoms with Crippen LogP contribution in [0.4, 0.5) is 5.82 Å². The molecule has 0 unspecified atom stereocenters. The van der Waals surface area contributed by atoms with Crippen LogP contribution in [0.3, 0.4) is 0 Å². The molecule has 10 nitrogen and oxygen atoms in total. The Morgan fingerprint density at radius 2 is 1.95 bits per heavy atom. The predicted octanol–water partition coefficient (Wildman–Crippen LogP) is 3.15. The summed E-state index contributed by atoms with van der Waals surface area (Å²) in [7, 11) is 0. The molecule has 0 saturated carbocycles. The van der Waals surface area contributed by atoms with Gasteiger partial charge in [0.2, 0.25) is 0 Å². The Morgan fingerprint density at radius 1 is 1.16 bits per heavy atom. The molecule has 5 heterocycles. The third-order valence-corrected chi connectivity index (χ3v) is 6.60. The lowest BCUT2D eigenvalue weighted by Gasteiger charge is -2.27. The second-order valence-corrected chi connectivity index (χ2v) is 9.61. The van der Waals surface area contributed by atoms with Crippen LogP contribution in [0.15, 0.2) is 41.5 Å². The second-order valence-electron chi connectivity index (χ2n) is 9.61. The number of carbonyl (C=O) groups is 1. The van der Waals surface area contributed by atoms with E-state index in [1.807, 2.05) is 45.9 Å². The van der Waals surface area contributed by atoms with Crippen molar-refractivity contribution < 1.29 is 9.53 Å². The zero-order valence-corrected chi connectivity index (χ0v) is 21.5. The summed E-state index contributed by atoms with van der Waals surface area (Å²) in [6.07, 6.45) is 3.46. The van der Waals surface area contributed by atoms with Crippen molar-refractivity contribution in [1.29, 1.82) is 0 Å². The van der Waals surface area contributed by atoms with Gasteiger partial charge in [-0.05, 0) is 57.5 Å². The molecule has 0 aliphatic carbocycles. The number of nitrogens with one attached hydrogen (secondary N) is 2. The van der Waals surface area contributed by atoms with Gasteiger partial charge in [-0.25, -0.2) is 14.6 Å². The number of aryl methyl sites for hydroxylation is 2. The molecule has 1 amide bonds. The molecule has 0 bridgehead atoms. The van der Waals surface area contributed by atoms with Crippen molar-refractivity contribution in [3.63, 3.8) is 0 Å². The van der Waals surface area contributed by atoms with Crippen LogP contribution in [0.1, 0.15) is 47.1 Å². The highest BCUT2D eigenvalue weighted by molar-refractivity contribution is 6.06. The molecule has 0 radical (unpaired) electrons. The minimum Gasteiger partial charge on any atom is -0.378 e. The van der Waals surface area contributed by atoms with Crippen molar-refractivity contribution in [2.75, 3.05) is 31.2 Å². The summed E-state index contributed by atoms with van der Waals surface area (Å²) in [5.41, 5.74) is 4.46. The van der Waals surface area contributed by atoms with Gasteiger partial charge < -0.3 is 19.9 Å². The number of anilines is 1. The van der Waals surface area contributed by atoms with Crippen molar-refractivity contribution in [2.24, 2.45) is 0 Å². The lowest BCUT2D eigenvalue weighted by atomic mass is 10.1. The molecule has 4 aromatic rings. The van der Waals surface area contributed by atoms with Crippen molar-refractivity contribution >= 4 is 22.8 Å². The van der Waals surface area contributed by atoms with Gasteiger partial charge in [-0.3, -0.25) is 9.59 Å². The number of aromatic amines is 1. The molecule has 1 aliphatic heterocycles. The van der Waals surface area contributed by atoms with E-state index in [1.54, 1.807) is 23.1 Å². The summed E-state index contributed by atoms with van der Waals surface area (Å²) in [6, 6.07) is 7.66. The predicted molar refractivity (Wildman–Crippen MR) is 142 cm³/mol. The molecule has 1 saturated heterocycles. The van der Waals surface area contributed by atoms with Crippen molar-refractivity contribution in [2.45, 2.75) is 40.3 Å². The van der Waals surface area contributed by atoms with Crippen LogP contribution in [0.2, 0.25) is 0 Å². The highest BCUT2D eigenvalue weighted by Gasteiger charge is 2.20. The van der Waals surface area contributed by atoms with Gasteiger partial charge in [0.15, 0.2) is 5.65 Å². The lowest BCUT2D eigenvalue weighted by molar-refractivity contribution is 0.0952. The van der Waals surface area contributed by atoms with Crippen LogP contribution in [0.25, 0.3) is 22.3 Å². The summed E-state index contributed by atoms with van der Waals surface area (Å²) in [5.74, 6) is 0.589. The van der Waals surface area contributed by atoms with Gasteiger partial charge >= 0.3 is 0 Å². The molecule has 192 valence electrons. The molecule has 0 atom stereocenters. The lowest BCUT2D eigenvalue weighted by Crippen LogP contribution is -2.36. The first-order valence-electron chi connectivity index (χ1n) is 12.5. The van der Waals surface area contributed by atoms with Crippen LogP contribution in [0, 0.1) is 13.8 Å². The van der Waals surface area contributed by atoms with Crippen LogP contribution in [-0.4, -0.2) is 56.9 Å². The summed E-state index contributed by atoms with van der Waals surface area (Å²) in [4.78, 5) is 40.4. The Kier molecular flexibility index (Phi) is 6.75. The summed E-state index contributed by atoms with van der Waals surface area (Å²) >= 11 is 0. The summed E-state index contributed by atoms with van der Waals surface area (Å²) in [6.45, 7) is 10.8. The molecule has 0 aromatic carbocycles. The van der Waals surface area contributed by atoms with Gasteiger partial charge in [0.25, 0.3) is 11.5 Å². The van der Waals surface area contributed by atoms with E-state index in [0.717, 1.165) is 35.7 Å². The van der Waals surface area contributed by atoms with Gasteiger partial charge in [0.1, 0.15) is 5.82 Å². The number of amides is 1. The van der Waals surface area contributed by atoms with Crippen molar-refractivity contribution in [1.82, 2.24) is 30.0 Å². The minimum atomic E-state index is -0.297. The van der Waals surface area contributed by atoms with E-state index < -0.39 is 0 Å². The highest BCUT2D eigenvalue weighted by Crippen LogP contribution is 2.27. The number of pyridine rings is 3. The Hall–Kier alpha value is -4.05. The van der Waals surface area contributed by atoms with Gasteiger partial charge in [-0.1, -0.05) is 0 Å². The number of H-pyrrole nitrogens is 1. The summed E-state index contributed by atoms with van der Waals surface area (Å²) < 4.78 is 7.24. The molecule has 37 heavy (non-hydrogen) atoms. The topological polar surface area (TPSA) is 118 Å². The Balaban J connectivity index is 1.49. The summed E-state index contributed by atoms with van der Waals surface area (Å²) in [5, 5.41) is 8.06. The Bertz CT molecular complexity index is 1500. The second kappa shape index (κ2) is 10.1. The third kappa shape index (κ3) is 4.97. The van der Waals surface area contributed by atoms with E-state index in [9.17, 15) is 9.59 Å². The fraction of sp³-hybridized carbons (Fsp3) is 0.370. The van der Waals surface area contributed by atoms with E-state index in [0.29, 0.717) is 41.1 Å². The van der Waals surface area contributed by atoms with Gasteiger partial charge in [-0.2, -0.15) is 5.10 Å². The van der Waals surface area contributed by atoms with E-state index >= 15 is 0 Å². The van der Waals surface area contributed by atoms with E-state index in [-0.39, 0.29) is 24.1 Å². The van der Waals surface area contributed by atoms with Crippen LogP contribution in [-0.2, 0) is 11.3 Å². The molecule has 4 aromatic heterocycles. The fourth-order valence-electron chi connectivity index (χ4n) is 4.61. The molecular formula is C27H31N7O3. The molecule has 0 spiro atoms. The molecule has 2 N–H and O–H groups in total. The third-order valence-electron chi connectivity index (χ3n) is 6.60. The zero-order chi connectivity index (χ0) is 26.1. The van der Waals surface area contributed by atoms with Crippen LogP contribution >= 0.6 is 0 Å². The molecule has 1 fully saturated rings. The van der Waals surface area contributed by atoms with Crippen LogP contribution < -0.4 is 15.8 Å². The molecule has 1 aliphatic rings. The number of hydrogen-bond acceptors (Lipinski definition) is 7. The zero-order valence-electron chi connectivity index (χ0n) is 21.5. The Morgan fingerprint density at radius 3 is 2.62 bits per heavy atom. The number of hydrogen-bond donors (Lipinski definition) is 2. The largest absolute Gasteiger partial charge is 0.378 e. The number of carbonyl (C=O) groups excluding carboxylic acids is 1. The first-order valence-corrected chi connectivity index (χ1v) is 12.5. The van der Waals surface area contributed by atoms with Gasteiger partial charge in [0, 0.05) is 48.7 Å². The Labute approximate surface area is 214 Å². The number of aromatic nitrogens is 5. The highest BCUT2D eigenvalue weighted by atomic mass is 16.5. The molecule has 10 heteroatoms. The minimum absolute atomic E-state index is 0.0618. The van der Waals surface area contributed by atoms with Gasteiger partial charge in [-0.15, -0.1) is 0 Å². The van der Waals surface area contributed by atoms with Crippen molar-refractivity contribution in [3.05, 3.63) is 69.4 Å². The average molecular weight is 502 g/mol. The van der Waals surface area contributed by atoms with E-state index in [4.69, 9.17) is 9.72 Å². The smallest absolute Gasteiger partial charge is 0.253 e. The first kappa shape index (κ1) is 24.6. The van der Waals surface area contributed by atoms with E-state index in [2.05, 4.69) is 25.3 Å². The monoisotopic (exact) mass is 501 g/mol. The number of fused-ring (bicyclic) bond motifs is 1. The fourth-order valence-corrected chi connectivity index (χ4v) is 4.61. The maximum absolute atomic E-state index is 13.4. The molecule has 5 rings (SSSR count). The standard InChI is InChI=1S/C27H31N7O3/c1-16(2)34-25-22(15-30-34)20(26(35)29-14-21-17(3)11-18(4)31-27(21)36)12-23(32-25)19-5-6-24(28-13-19)33-7-9-37-10-8-33/h5-6,11-13,15-16H,7-10,14H2,1-4H3,(H,29,35)(H,31,36). The van der Waals surface area contributed by atoms with E-state index in [1.165, 1.54) is 0 Å². The number of ether oxygens (including phenoxy) is 1. The average Bonchev–Trinajstić information content (AvgIpc) is 3.32. The maximum Gasteiger partial charge on any atom is 0.253 e. The van der Waals surface area contributed by atoms with Gasteiger partial charge in [0.05, 0.1) is 36.1 Å². The molecular weight excluding hydrogens is 470 g/mol. The first-order chi connectivity index (χ1) is 17.8. The van der Waals surface area contributed by atoms with Crippen LogP contribution in [0.5, 0.6) is 0 Å². The number of rotatable bonds is 6. The maximum atomic E-state index is 13.4. The number of nitrogens with zero attached hydrogens (tertiary/aromatic N) is 5.